The Labute approximate surface area is 214 Å². The smallest absolute Gasteiger partial charge is 0.305 e. The number of rotatable bonds is 25. The first kappa shape index (κ1) is 31.8. The summed E-state index contributed by atoms with van der Waals surface area (Å²) in [7, 11) is 0. The zero-order valence-corrected chi connectivity index (χ0v) is 21.7. The molecule has 10 heteroatoms. The maximum absolute atomic E-state index is 11.6. The highest BCUT2D eigenvalue weighted by molar-refractivity contribution is 5.69. The molecule has 0 saturated carbocycles. The molecular formula is C26H43NO9. The van der Waals surface area contributed by atoms with Crippen LogP contribution in [0.25, 0.3) is 0 Å². The maximum atomic E-state index is 11.6. The fourth-order valence-corrected chi connectivity index (χ4v) is 3.16. The average Bonchev–Trinajstić information content (AvgIpc) is 2.88. The van der Waals surface area contributed by atoms with Crippen molar-refractivity contribution in [2.75, 3.05) is 66.1 Å². The van der Waals surface area contributed by atoms with E-state index < -0.39 is 4.92 Å². The minimum atomic E-state index is -0.453. The maximum Gasteiger partial charge on any atom is 0.305 e. The third kappa shape index (κ3) is 19.0. The highest BCUT2D eigenvalue weighted by Gasteiger charge is 2.04. The molecule has 0 spiro atoms. The zero-order chi connectivity index (χ0) is 26.1. The topological polar surface area (TPSA) is 116 Å². The van der Waals surface area contributed by atoms with Gasteiger partial charge in [-0.15, -0.1) is 0 Å². The molecule has 0 fully saturated rings. The molecule has 10 nitrogen and oxygen atoms in total. The van der Waals surface area contributed by atoms with E-state index in [1.54, 1.807) is 12.1 Å². The van der Waals surface area contributed by atoms with Gasteiger partial charge in [-0.3, -0.25) is 14.9 Å². The van der Waals surface area contributed by atoms with Crippen molar-refractivity contribution in [3.63, 3.8) is 0 Å². The number of ether oxygens (including phenoxy) is 6. The molecule has 1 aromatic carbocycles. The lowest BCUT2D eigenvalue weighted by Crippen LogP contribution is -2.15. The third-order valence-electron chi connectivity index (χ3n) is 5.14. The van der Waals surface area contributed by atoms with Gasteiger partial charge in [0.1, 0.15) is 19.0 Å². The van der Waals surface area contributed by atoms with Crippen molar-refractivity contribution in [3.8, 4) is 5.75 Å². The summed E-state index contributed by atoms with van der Waals surface area (Å²) >= 11 is 0. The predicted octanol–water partition coefficient (Wildman–Crippen LogP) is 4.72. The van der Waals surface area contributed by atoms with Crippen molar-refractivity contribution >= 4 is 11.7 Å². The van der Waals surface area contributed by atoms with E-state index in [0.717, 1.165) is 12.8 Å². The molecule has 0 aliphatic heterocycles. The van der Waals surface area contributed by atoms with Gasteiger partial charge < -0.3 is 28.4 Å². The zero-order valence-electron chi connectivity index (χ0n) is 21.7. The Hall–Kier alpha value is -2.27. The van der Waals surface area contributed by atoms with Crippen LogP contribution < -0.4 is 4.74 Å². The van der Waals surface area contributed by atoms with Crippen LogP contribution in [0.3, 0.4) is 0 Å². The van der Waals surface area contributed by atoms with Crippen LogP contribution in [-0.2, 0) is 28.5 Å². The lowest BCUT2D eigenvalue weighted by molar-refractivity contribution is -0.384. The van der Waals surface area contributed by atoms with Gasteiger partial charge in [0.25, 0.3) is 5.69 Å². The first-order chi connectivity index (χ1) is 17.6. The molecule has 1 aromatic rings. The summed E-state index contributed by atoms with van der Waals surface area (Å²) in [6.07, 6.45) is 8.75. The first-order valence-electron chi connectivity index (χ1n) is 13.0. The fraction of sp³-hybridized carbons (Fsp3) is 0.731. The molecule has 0 unspecified atom stereocenters. The Bertz CT molecular complexity index is 670. The minimum Gasteiger partial charge on any atom is -0.491 e. The lowest BCUT2D eigenvalue weighted by atomic mass is 10.1. The van der Waals surface area contributed by atoms with E-state index in [1.165, 1.54) is 44.2 Å². The number of nitrogens with zero attached hydrogens (tertiary/aromatic N) is 1. The second-order valence-corrected chi connectivity index (χ2v) is 8.14. The number of hydrogen-bond acceptors (Lipinski definition) is 9. The van der Waals surface area contributed by atoms with Gasteiger partial charge in [0.05, 0.1) is 57.8 Å². The number of unbranched alkanes of at least 4 members (excludes halogenated alkanes) is 6. The van der Waals surface area contributed by atoms with Crippen LogP contribution in [-0.4, -0.2) is 77.0 Å². The Balaban J connectivity index is 1.76. The van der Waals surface area contributed by atoms with Crippen molar-refractivity contribution in [1.82, 2.24) is 0 Å². The van der Waals surface area contributed by atoms with Crippen LogP contribution in [0, 0.1) is 10.1 Å². The van der Waals surface area contributed by atoms with Gasteiger partial charge in [0, 0.05) is 18.6 Å². The summed E-state index contributed by atoms with van der Waals surface area (Å²) in [6, 6.07) is 5.90. The Morgan fingerprint density at radius 2 is 1.17 bits per heavy atom. The number of non-ortho nitro benzene ring substituents is 1. The van der Waals surface area contributed by atoms with Crippen molar-refractivity contribution in [1.29, 1.82) is 0 Å². The van der Waals surface area contributed by atoms with E-state index in [1.807, 2.05) is 0 Å². The van der Waals surface area contributed by atoms with Crippen LogP contribution in [0.5, 0.6) is 5.75 Å². The van der Waals surface area contributed by atoms with Gasteiger partial charge in [-0.1, -0.05) is 45.4 Å². The van der Waals surface area contributed by atoms with Crippen LogP contribution >= 0.6 is 0 Å². The predicted molar refractivity (Wildman–Crippen MR) is 135 cm³/mol. The number of esters is 1. The molecule has 0 atom stereocenters. The SMILES string of the molecule is CCCCCCCCCC(=O)OCCOCCOCCOCCOCCOc1ccc([N+](=O)[O-])cc1. The molecule has 0 saturated heterocycles. The molecule has 0 radical (unpaired) electrons. The van der Waals surface area contributed by atoms with E-state index in [4.69, 9.17) is 28.4 Å². The molecule has 1 rings (SSSR count). The van der Waals surface area contributed by atoms with E-state index in [-0.39, 0.29) is 18.3 Å². The average molecular weight is 514 g/mol. The number of carbonyl (C=O) groups excluding carboxylic acids is 1. The molecule has 0 N–H and O–H groups in total. The van der Waals surface area contributed by atoms with Crippen molar-refractivity contribution in [3.05, 3.63) is 34.4 Å². The van der Waals surface area contributed by atoms with Crippen LogP contribution in [0.2, 0.25) is 0 Å². The molecular weight excluding hydrogens is 470 g/mol. The van der Waals surface area contributed by atoms with Crippen LogP contribution in [0.15, 0.2) is 24.3 Å². The fourth-order valence-electron chi connectivity index (χ4n) is 3.16. The lowest BCUT2D eigenvalue weighted by Gasteiger charge is -2.09. The quantitative estimate of drug-likeness (QED) is 0.0792. The van der Waals surface area contributed by atoms with E-state index in [0.29, 0.717) is 71.6 Å². The van der Waals surface area contributed by atoms with Crippen molar-refractivity contribution in [2.45, 2.75) is 58.3 Å². The number of hydrogen-bond donors (Lipinski definition) is 0. The van der Waals surface area contributed by atoms with Gasteiger partial charge >= 0.3 is 5.97 Å². The van der Waals surface area contributed by atoms with Crippen molar-refractivity contribution < 1.29 is 38.1 Å². The first-order valence-corrected chi connectivity index (χ1v) is 13.0. The number of nitro benzene ring substituents is 1. The van der Waals surface area contributed by atoms with E-state index >= 15 is 0 Å². The van der Waals surface area contributed by atoms with Gasteiger partial charge in [0.15, 0.2) is 0 Å². The summed E-state index contributed by atoms with van der Waals surface area (Å²) in [5.74, 6) is 0.406. The van der Waals surface area contributed by atoms with Gasteiger partial charge in [-0.05, 0) is 18.6 Å². The standard InChI is InChI=1S/C26H43NO9/c1-2-3-4-5-6-7-8-9-26(28)36-23-21-34-19-17-32-15-14-31-16-18-33-20-22-35-25-12-10-24(11-13-25)27(29)30/h10-13H,2-9,14-23H2,1H3. The highest BCUT2D eigenvalue weighted by atomic mass is 16.6. The molecule has 36 heavy (non-hydrogen) atoms. The number of carbonyl (C=O) groups is 1. The van der Waals surface area contributed by atoms with Gasteiger partial charge in [-0.2, -0.15) is 0 Å². The monoisotopic (exact) mass is 513 g/mol. The highest BCUT2D eigenvalue weighted by Crippen LogP contribution is 2.17. The van der Waals surface area contributed by atoms with Gasteiger partial charge in [-0.25, -0.2) is 0 Å². The second-order valence-electron chi connectivity index (χ2n) is 8.14. The van der Waals surface area contributed by atoms with Crippen LogP contribution in [0.1, 0.15) is 58.3 Å². The van der Waals surface area contributed by atoms with E-state index in [2.05, 4.69) is 6.92 Å². The van der Waals surface area contributed by atoms with Gasteiger partial charge in [0.2, 0.25) is 0 Å². The molecule has 0 amide bonds. The molecule has 0 heterocycles. The summed E-state index contributed by atoms with van der Waals surface area (Å²) in [4.78, 5) is 21.8. The van der Waals surface area contributed by atoms with Crippen LogP contribution in [0.4, 0.5) is 5.69 Å². The summed E-state index contributed by atoms with van der Waals surface area (Å²) in [5.41, 5.74) is 0.0270. The van der Waals surface area contributed by atoms with E-state index in [9.17, 15) is 14.9 Å². The molecule has 0 bridgehead atoms. The third-order valence-corrected chi connectivity index (χ3v) is 5.14. The molecule has 0 aromatic heterocycles. The van der Waals surface area contributed by atoms with Crippen molar-refractivity contribution in [2.24, 2.45) is 0 Å². The Morgan fingerprint density at radius 1 is 0.694 bits per heavy atom. The number of benzene rings is 1. The second kappa shape index (κ2) is 23.1. The Kier molecular flexibility index (Phi) is 20.4. The summed E-state index contributed by atoms with van der Waals surface area (Å²) < 4.78 is 32.2. The Morgan fingerprint density at radius 3 is 1.69 bits per heavy atom. The normalized spacial score (nSPS) is 10.9. The minimum absolute atomic E-state index is 0.0270. The number of nitro groups is 1. The summed E-state index contributed by atoms with van der Waals surface area (Å²) in [6.45, 7) is 6.27. The molecule has 0 aliphatic rings. The largest absolute Gasteiger partial charge is 0.491 e. The summed E-state index contributed by atoms with van der Waals surface area (Å²) in [5, 5.41) is 10.6. The molecule has 206 valence electrons. The molecule has 0 aliphatic carbocycles.